The first-order valence-corrected chi connectivity index (χ1v) is 33.3. The zero-order valence-corrected chi connectivity index (χ0v) is 52.2. The van der Waals surface area contributed by atoms with Gasteiger partial charge in [0, 0.05) is 72.4 Å². The smallest absolute Gasteiger partial charge is 0.249 e. The lowest BCUT2D eigenvalue weighted by Gasteiger charge is -2.51. The Balaban J connectivity index is 0.892. The van der Waals surface area contributed by atoms with Gasteiger partial charge in [0.15, 0.2) is 0 Å². The molecule has 6 aliphatic rings. The average molecular weight is 1210 g/mol. The number of fused-ring (bicyclic) bond motifs is 8. The van der Waals surface area contributed by atoms with E-state index in [0.29, 0.717) is 0 Å². The first kappa shape index (κ1) is 55.0. The Labute approximate surface area is 549 Å². The first-order valence-electron chi connectivity index (χ1n) is 32.5. The summed E-state index contributed by atoms with van der Waals surface area (Å²) in [5, 5.41) is 0. The highest BCUT2D eigenvalue weighted by atomic mass is 32.2. The molecule has 0 bridgehead atoms. The summed E-state index contributed by atoms with van der Waals surface area (Å²) in [6.45, 7) is 2.20. The van der Waals surface area contributed by atoms with Gasteiger partial charge in [-0.25, -0.2) is 0 Å². The summed E-state index contributed by atoms with van der Waals surface area (Å²) in [4.78, 5) is 12.8. The first-order chi connectivity index (χ1) is 46.1. The van der Waals surface area contributed by atoms with Crippen LogP contribution in [0.3, 0.4) is 0 Å². The van der Waals surface area contributed by atoms with Crippen LogP contribution in [0, 0.1) is 6.92 Å². The molecule has 5 nitrogen and oxygen atoms in total. The van der Waals surface area contributed by atoms with Crippen LogP contribution in [-0.2, 0) is 0 Å². The van der Waals surface area contributed by atoms with Gasteiger partial charge in [-0.2, -0.15) is 0 Å². The topological polar surface area (TPSA) is 22.2 Å². The van der Waals surface area contributed by atoms with Crippen molar-refractivity contribution in [3.05, 3.63) is 345 Å². The van der Waals surface area contributed by atoms with E-state index in [2.05, 4.69) is 354 Å². The molecular weight excluding hydrogens is 1150 g/mol. The fraction of sp³-hybridized carbons (Fsp3) is 0.0588. The van der Waals surface area contributed by atoms with Crippen LogP contribution < -0.4 is 51.7 Å². The van der Waals surface area contributed by atoms with E-state index in [0.717, 1.165) is 57.6 Å². The Bertz CT molecular complexity index is 4980. The van der Waals surface area contributed by atoms with Crippen molar-refractivity contribution in [1.29, 1.82) is 0 Å². The molecule has 0 amide bonds. The molecule has 3 atom stereocenters. The summed E-state index contributed by atoms with van der Waals surface area (Å²) >= 11 is 1.94. The summed E-state index contributed by atoms with van der Waals surface area (Å²) < 4.78 is 7.52. The number of allylic oxidation sites excluding steroid dienone is 3. The Morgan fingerprint density at radius 1 is 0.441 bits per heavy atom. The van der Waals surface area contributed by atoms with Crippen LogP contribution in [0.2, 0.25) is 5.82 Å². The number of aryl methyl sites for hydroxylation is 1. The van der Waals surface area contributed by atoms with Gasteiger partial charge in [-0.3, -0.25) is 0 Å². The van der Waals surface area contributed by atoms with Crippen molar-refractivity contribution in [3.63, 3.8) is 0 Å². The van der Waals surface area contributed by atoms with Crippen molar-refractivity contribution in [1.82, 2.24) is 0 Å². The zero-order chi connectivity index (χ0) is 61.5. The van der Waals surface area contributed by atoms with Crippen molar-refractivity contribution in [2.24, 2.45) is 0 Å². The lowest BCUT2D eigenvalue weighted by atomic mass is 9.28. The fourth-order valence-electron chi connectivity index (χ4n) is 15.7. The van der Waals surface area contributed by atoms with Crippen LogP contribution in [-0.4, -0.2) is 25.5 Å². The monoisotopic (exact) mass is 1210 g/mol. The van der Waals surface area contributed by atoms with E-state index < -0.39 is 0 Å². The van der Waals surface area contributed by atoms with E-state index in [1.807, 2.05) is 11.8 Å². The lowest BCUT2D eigenvalue weighted by Crippen LogP contribution is -2.65. The summed E-state index contributed by atoms with van der Waals surface area (Å²) in [5.41, 5.74) is 26.2. The number of hydrogen-bond donors (Lipinski definition) is 0. The fourth-order valence-corrected chi connectivity index (χ4v) is 17.0. The van der Waals surface area contributed by atoms with Crippen LogP contribution in [0.1, 0.15) is 12.0 Å². The van der Waals surface area contributed by atoms with E-state index in [4.69, 9.17) is 4.74 Å². The highest BCUT2D eigenvalue weighted by Gasteiger charge is 2.54. The third-order valence-electron chi connectivity index (χ3n) is 19.8. The normalized spacial score (nSPS) is 16.7. The standard InChI is InChI=1S/C85H62B2N4OS/c1-57-26-24-41-70(61-31-12-4-13-32-61)85(57)91-76-56-81-74(86-71-42-20-22-44-75(71)90(65-38-18-7-19-39-65)78-52-69(54-82(93-81)84(78)86)88(63-34-14-5-15-35-63)64-36-16-6-17-37-64)55-73(76)87-72-43-21-23-45-79(72)92-80-53-68(51-77(91)83(80)87)89(66-48-46-60(47-49-66)58-27-8-2-9-28-58)67-40-25-33-62(50-67)59-29-10-3-11-30-59/h2-38,40-56,65,77,83H,39H2,1H3. The molecule has 4 heterocycles. The highest BCUT2D eigenvalue weighted by Crippen LogP contribution is 2.53. The van der Waals surface area contributed by atoms with E-state index in [-0.39, 0.29) is 31.3 Å². The lowest BCUT2D eigenvalue weighted by molar-refractivity contribution is 0.385. The summed E-state index contributed by atoms with van der Waals surface area (Å²) in [6, 6.07) is 107. The number of ether oxygens (including phenoxy) is 1. The van der Waals surface area contributed by atoms with Gasteiger partial charge in [-0.15, -0.1) is 0 Å². The molecule has 0 radical (unpaired) electrons. The molecule has 440 valence electrons. The summed E-state index contributed by atoms with van der Waals surface area (Å²) in [7, 11) is 0. The van der Waals surface area contributed by atoms with Crippen molar-refractivity contribution in [2.75, 3.05) is 19.6 Å². The van der Waals surface area contributed by atoms with Gasteiger partial charge >= 0.3 is 0 Å². The Kier molecular flexibility index (Phi) is 13.5. The van der Waals surface area contributed by atoms with Gasteiger partial charge in [-0.05, 0) is 154 Å². The van der Waals surface area contributed by atoms with E-state index in [9.17, 15) is 0 Å². The zero-order valence-electron chi connectivity index (χ0n) is 51.4. The molecule has 12 aromatic carbocycles. The van der Waals surface area contributed by atoms with E-state index in [1.165, 1.54) is 93.2 Å². The Morgan fingerprint density at radius 2 is 1.05 bits per heavy atom. The maximum atomic E-state index is 7.52. The minimum atomic E-state index is -0.221. The Morgan fingerprint density at radius 3 is 1.77 bits per heavy atom. The predicted octanol–water partition coefficient (Wildman–Crippen LogP) is 18.3. The quantitative estimate of drug-likeness (QED) is 0.120. The third kappa shape index (κ3) is 9.33. The predicted molar refractivity (Wildman–Crippen MR) is 392 cm³/mol. The minimum absolute atomic E-state index is 0.0518. The highest BCUT2D eigenvalue weighted by molar-refractivity contribution is 8.00. The number of anilines is 9. The summed E-state index contributed by atoms with van der Waals surface area (Å²) in [6.07, 6.45) is 15.0. The van der Waals surface area contributed by atoms with Crippen molar-refractivity contribution < 1.29 is 4.74 Å². The molecule has 0 saturated heterocycles. The minimum Gasteiger partial charge on any atom is -0.463 e. The van der Waals surface area contributed by atoms with Crippen molar-refractivity contribution in [3.8, 4) is 39.1 Å². The number of hydrogen-bond acceptors (Lipinski definition) is 6. The molecule has 0 spiro atoms. The van der Waals surface area contributed by atoms with Gasteiger partial charge in [0.05, 0.1) is 17.8 Å². The van der Waals surface area contributed by atoms with Crippen LogP contribution >= 0.6 is 11.8 Å². The molecule has 0 fully saturated rings. The maximum Gasteiger partial charge on any atom is 0.249 e. The molecule has 3 unspecified atom stereocenters. The summed E-state index contributed by atoms with van der Waals surface area (Å²) in [5.74, 6) is 1.75. The second kappa shape index (κ2) is 22.8. The van der Waals surface area contributed by atoms with E-state index in [1.54, 1.807) is 0 Å². The largest absolute Gasteiger partial charge is 0.463 e. The van der Waals surface area contributed by atoms with E-state index >= 15 is 0 Å². The van der Waals surface area contributed by atoms with Crippen molar-refractivity contribution in [2.45, 2.75) is 41.0 Å². The Hall–Kier alpha value is -10.9. The molecule has 8 heteroatoms. The van der Waals surface area contributed by atoms with Gasteiger partial charge in [0.25, 0.3) is 0 Å². The van der Waals surface area contributed by atoms with Gasteiger partial charge in [0.1, 0.15) is 11.5 Å². The molecule has 0 saturated carbocycles. The number of benzene rings is 12. The van der Waals surface area contributed by atoms with Gasteiger partial charge < -0.3 is 24.3 Å². The molecule has 4 aliphatic heterocycles. The molecular formula is C85H62B2N4OS. The van der Waals surface area contributed by atoms with Gasteiger partial charge in [0.2, 0.25) is 13.4 Å². The number of para-hydroxylation sites is 5. The molecule has 93 heavy (non-hydrogen) atoms. The van der Waals surface area contributed by atoms with Crippen LogP contribution in [0.5, 0.6) is 5.75 Å². The van der Waals surface area contributed by atoms with Crippen LogP contribution in [0.25, 0.3) is 33.4 Å². The van der Waals surface area contributed by atoms with Gasteiger partial charge in [-0.1, -0.05) is 259 Å². The maximum absolute atomic E-state index is 7.52. The number of nitrogens with zero attached hydrogens (tertiary/aromatic N) is 4. The molecule has 0 aromatic heterocycles. The molecule has 12 aromatic rings. The number of rotatable bonds is 11. The average Bonchev–Trinajstić information content (AvgIpc) is 0.695. The third-order valence-corrected chi connectivity index (χ3v) is 20.9. The molecule has 2 aliphatic carbocycles. The van der Waals surface area contributed by atoms with Crippen molar-refractivity contribution >= 4 is 104 Å². The molecule has 0 N–H and O–H groups in total. The SMILES string of the molecule is Cc1cccc(-c2ccccc2)c1N1c2cc3c(cc2B2c4ccccc4OC4=CC(N(c5ccc(-c6ccccc6)cc5)c5cccc(-c6ccccc6)c5)=CC1C24)B1c2ccccc2N(C2C=CC=CC2)c2cc(N(c4ccccc4)c4ccccc4)cc(c21)S3. The second-order valence-electron chi connectivity index (χ2n) is 25.1. The second-order valence-corrected chi connectivity index (χ2v) is 26.1. The van der Waals surface area contributed by atoms with Crippen LogP contribution in [0.4, 0.5) is 51.2 Å². The molecule has 18 rings (SSSR count). The van der Waals surface area contributed by atoms with Crippen LogP contribution in [0.15, 0.2) is 349 Å².